The molecule has 8 saturated carbocycles. The minimum atomic E-state index is -0.964. The molecule has 9 aliphatic rings. The fraction of sp³-hybridized carbons (Fsp3) is 0.879. The first-order chi connectivity index (χ1) is 18.6. The van der Waals surface area contributed by atoms with Gasteiger partial charge in [-0.2, -0.15) is 0 Å². The summed E-state index contributed by atoms with van der Waals surface area (Å²) < 4.78 is 5.30. The van der Waals surface area contributed by atoms with Crippen LogP contribution >= 0.6 is 0 Å². The van der Waals surface area contributed by atoms with E-state index >= 15 is 0 Å². The molecule has 0 amide bonds. The van der Waals surface area contributed by atoms with E-state index in [0.717, 1.165) is 61.9 Å². The monoisotopic (exact) mass is 537 g/mol. The second-order valence-electron chi connectivity index (χ2n) is 15.9. The minimum absolute atomic E-state index is 0.0490. The van der Waals surface area contributed by atoms with Crippen molar-refractivity contribution in [2.45, 2.75) is 126 Å². The minimum Gasteiger partial charge on any atom is -0.458 e. The van der Waals surface area contributed by atoms with Crippen LogP contribution in [0.4, 0.5) is 0 Å². The molecule has 8 fully saturated rings. The van der Waals surface area contributed by atoms with Gasteiger partial charge in [-0.15, -0.1) is 0 Å². The van der Waals surface area contributed by atoms with E-state index in [1.165, 1.54) is 38.5 Å². The maximum atomic E-state index is 12.7. The number of hydrogen-bond acceptors (Lipinski definition) is 6. The smallest absolute Gasteiger partial charge is 0.331 e. The summed E-state index contributed by atoms with van der Waals surface area (Å²) in [6.07, 6.45) is 18.0. The number of rotatable bonds is 3. The van der Waals surface area contributed by atoms with Crippen LogP contribution in [0.25, 0.3) is 0 Å². The Balaban J connectivity index is 1.16. The topological polar surface area (TPSA) is 99.4 Å². The Morgan fingerprint density at radius 1 is 0.897 bits per heavy atom. The second-order valence-corrected chi connectivity index (χ2v) is 15.9. The molecule has 8 aliphatic carbocycles. The Morgan fingerprint density at radius 3 is 2.26 bits per heavy atom. The van der Waals surface area contributed by atoms with E-state index in [1.54, 1.807) is 6.08 Å². The molecule has 0 saturated heterocycles. The highest BCUT2D eigenvalue weighted by molar-refractivity contribution is 5.85. The number of aliphatic imine (C=N–C) groups is 1. The normalized spacial score (nSPS) is 57.7. The van der Waals surface area contributed by atoms with Crippen molar-refractivity contribution in [1.82, 2.24) is 0 Å². The lowest BCUT2D eigenvalue weighted by Crippen LogP contribution is -2.69. The van der Waals surface area contributed by atoms with Crippen molar-refractivity contribution in [2.75, 3.05) is 6.61 Å². The standard InChI is InChI=1S/C33H47NO5/c1-29-6-3-26-27(33(29,38)9-5-25(29)23-13-28(36)39-18-23)4-8-32(37)17-24(35)2-7-31(26,32)19-34-30-14-20-10-21(15-30)12-22(11-20)16-30/h13,19-22,24-27,35,37-38H,2-12,14-18H2,1H3/t20?,21?,22?,24-,25+,26-,27+,29+,30?,31+,32+,33+/m1/s1. The summed E-state index contributed by atoms with van der Waals surface area (Å²) >= 11 is 0. The largest absolute Gasteiger partial charge is 0.458 e. The Bertz CT molecular complexity index is 1100. The molecule has 0 aromatic rings. The predicted octanol–water partition coefficient (Wildman–Crippen LogP) is 4.74. The molecule has 1 aliphatic heterocycles. The third-order valence-electron chi connectivity index (χ3n) is 14.2. The number of aliphatic hydroxyl groups excluding tert-OH is 1. The Kier molecular flexibility index (Phi) is 5.35. The van der Waals surface area contributed by atoms with E-state index in [9.17, 15) is 20.1 Å². The highest BCUT2D eigenvalue weighted by atomic mass is 16.5. The van der Waals surface area contributed by atoms with Crippen molar-refractivity contribution in [3.05, 3.63) is 11.6 Å². The first kappa shape index (κ1) is 25.5. The van der Waals surface area contributed by atoms with Crippen molar-refractivity contribution in [3.8, 4) is 0 Å². The van der Waals surface area contributed by atoms with Crippen LogP contribution in [-0.4, -0.2) is 57.0 Å². The molecule has 39 heavy (non-hydrogen) atoms. The van der Waals surface area contributed by atoms with Crippen LogP contribution in [0.3, 0.4) is 0 Å². The van der Waals surface area contributed by atoms with E-state index in [-0.39, 0.29) is 34.7 Å². The van der Waals surface area contributed by atoms with E-state index in [4.69, 9.17) is 9.73 Å². The highest BCUT2D eigenvalue weighted by Crippen LogP contribution is 2.70. The number of ether oxygens (including phenoxy) is 1. The zero-order chi connectivity index (χ0) is 26.8. The summed E-state index contributed by atoms with van der Waals surface area (Å²) in [6.45, 7) is 2.62. The van der Waals surface area contributed by atoms with Gasteiger partial charge in [0.15, 0.2) is 0 Å². The van der Waals surface area contributed by atoms with Crippen LogP contribution in [0.5, 0.6) is 0 Å². The molecule has 1 heterocycles. The third-order valence-corrected chi connectivity index (χ3v) is 14.2. The van der Waals surface area contributed by atoms with Crippen LogP contribution in [-0.2, 0) is 9.53 Å². The van der Waals surface area contributed by atoms with Crippen LogP contribution in [0.15, 0.2) is 16.6 Å². The number of cyclic esters (lactones) is 1. The third kappa shape index (κ3) is 3.37. The fourth-order valence-electron chi connectivity index (χ4n) is 12.8. The van der Waals surface area contributed by atoms with Gasteiger partial charge in [0, 0.05) is 29.5 Å². The van der Waals surface area contributed by atoms with Gasteiger partial charge in [-0.25, -0.2) is 4.79 Å². The lowest BCUT2D eigenvalue weighted by molar-refractivity contribution is -0.237. The van der Waals surface area contributed by atoms with Crippen LogP contribution in [0.2, 0.25) is 0 Å². The summed E-state index contributed by atoms with van der Waals surface area (Å²) in [5.41, 5.74) is -1.47. The summed E-state index contributed by atoms with van der Waals surface area (Å²) in [5.74, 6) is 2.64. The van der Waals surface area contributed by atoms with Gasteiger partial charge in [-0.05, 0) is 131 Å². The maximum absolute atomic E-state index is 12.7. The first-order valence-corrected chi connectivity index (χ1v) is 16.1. The zero-order valence-electron chi connectivity index (χ0n) is 23.6. The summed E-state index contributed by atoms with van der Waals surface area (Å²) in [4.78, 5) is 17.5. The molecule has 0 spiro atoms. The van der Waals surface area contributed by atoms with E-state index < -0.39 is 22.7 Å². The molecule has 0 unspecified atom stereocenters. The van der Waals surface area contributed by atoms with Crippen LogP contribution in [0, 0.1) is 46.3 Å². The molecule has 0 radical (unpaired) electrons. The Hall–Kier alpha value is -1.24. The van der Waals surface area contributed by atoms with Crippen LogP contribution in [0.1, 0.15) is 103 Å². The van der Waals surface area contributed by atoms with Gasteiger partial charge in [-0.3, -0.25) is 4.99 Å². The second kappa shape index (κ2) is 8.19. The highest BCUT2D eigenvalue weighted by Gasteiger charge is 2.71. The SMILES string of the molecule is C[C@@]12CC[C@@H]3[C@H](CC[C@]4(O)C[C@H](O)CC[C@]34C=NC34CC5CC(CC(C5)C3)C4)[C@@]1(O)CC[C@H]2C1=CC(=O)OC1. The number of carbonyl (C=O) groups is 1. The van der Waals surface area contributed by atoms with Gasteiger partial charge in [0.25, 0.3) is 0 Å². The van der Waals surface area contributed by atoms with Gasteiger partial charge < -0.3 is 20.1 Å². The molecule has 6 heteroatoms. The van der Waals surface area contributed by atoms with Crippen LogP contribution < -0.4 is 0 Å². The molecular weight excluding hydrogens is 490 g/mol. The molecule has 0 aromatic carbocycles. The Morgan fingerprint density at radius 2 is 1.59 bits per heavy atom. The molecule has 3 N–H and O–H groups in total. The molecule has 6 nitrogen and oxygen atoms in total. The maximum Gasteiger partial charge on any atom is 0.331 e. The number of hydrogen-bond donors (Lipinski definition) is 3. The van der Waals surface area contributed by atoms with Crippen molar-refractivity contribution in [1.29, 1.82) is 0 Å². The summed E-state index contributed by atoms with van der Waals surface area (Å²) in [7, 11) is 0. The number of carbonyl (C=O) groups excluding carboxylic acids is 1. The summed E-state index contributed by atoms with van der Waals surface area (Å²) in [6, 6.07) is 0. The number of esters is 1. The molecule has 9 rings (SSSR count). The average molecular weight is 538 g/mol. The molecular formula is C33H47NO5. The lowest BCUT2D eigenvalue weighted by atomic mass is 9.41. The van der Waals surface area contributed by atoms with Crippen molar-refractivity contribution >= 4 is 12.2 Å². The van der Waals surface area contributed by atoms with Gasteiger partial charge >= 0.3 is 5.97 Å². The zero-order valence-corrected chi connectivity index (χ0v) is 23.6. The van der Waals surface area contributed by atoms with Gasteiger partial charge in [0.1, 0.15) is 6.61 Å². The molecule has 8 atom stereocenters. The number of nitrogens with zero attached hydrogens (tertiary/aromatic N) is 1. The van der Waals surface area contributed by atoms with Gasteiger partial charge in [-0.1, -0.05) is 6.92 Å². The average Bonchev–Trinajstić information content (AvgIpc) is 3.41. The molecule has 0 aromatic heterocycles. The van der Waals surface area contributed by atoms with E-state index in [1.807, 2.05) is 0 Å². The lowest BCUT2D eigenvalue weighted by Gasteiger charge is -2.66. The van der Waals surface area contributed by atoms with Crippen molar-refractivity contribution in [3.63, 3.8) is 0 Å². The summed E-state index contributed by atoms with van der Waals surface area (Å²) in [5, 5.41) is 35.8. The van der Waals surface area contributed by atoms with Gasteiger partial charge in [0.05, 0.1) is 22.8 Å². The van der Waals surface area contributed by atoms with Gasteiger partial charge in [0.2, 0.25) is 0 Å². The predicted molar refractivity (Wildman–Crippen MR) is 147 cm³/mol. The first-order valence-electron chi connectivity index (χ1n) is 16.1. The quantitative estimate of drug-likeness (QED) is 0.357. The van der Waals surface area contributed by atoms with Crippen molar-refractivity contribution in [2.24, 2.45) is 51.3 Å². The molecule has 4 bridgehead atoms. The number of aliphatic hydroxyl groups is 3. The van der Waals surface area contributed by atoms with E-state index in [2.05, 4.69) is 13.1 Å². The Labute approximate surface area is 232 Å². The number of fused-ring (bicyclic) bond motifs is 5. The fourth-order valence-corrected chi connectivity index (χ4v) is 12.8. The molecule has 214 valence electrons. The van der Waals surface area contributed by atoms with E-state index in [0.29, 0.717) is 25.9 Å². The van der Waals surface area contributed by atoms with Crippen molar-refractivity contribution < 1.29 is 24.9 Å².